The Morgan fingerprint density at radius 3 is 2.40 bits per heavy atom. The van der Waals surface area contributed by atoms with Crippen molar-refractivity contribution in [3.8, 4) is 0 Å². The van der Waals surface area contributed by atoms with Gasteiger partial charge in [0.15, 0.2) is 0 Å². The fraction of sp³-hybridized carbons (Fsp3) is 0.625. The van der Waals surface area contributed by atoms with E-state index in [9.17, 15) is 14.4 Å². The number of hydrogen-bond donors (Lipinski definition) is 3. The van der Waals surface area contributed by atoms with E-state index in [0.717, 1.165) is 11.8 Å². The van der Waals surface area contributed by atoms with E-state index in [0.29, 0.717) is 0 Å². The van der Waals surface area contributed by atoms with E-state index in [1.54, 1.807) is 6.92 Å². The van der Waals surface area contributed by atoms with Gasteiger partial charge in [0.05, 0.1) is 11.5 Å². The van der Waals surface area contributed by atoms with Gasteiger partial charge < -0.3 is 15.7 Å². The van der Waals surface area contributed by atoms with Gasteiger partial charge in [0.2, 0.25) is 11.8 Å². The highest BCUT2D eigenvalue weighted by Crippen LogP contribution is 1.98. The molecule has 0 radical (unpaired) electrons. The Hall–Kier alpha value is -1.24. The van der Waals surface area contributed by atoms with Crippen molar-refractivity contribution in [3.63, 3.8) is 0 Å². The fourth-order valence-corrected chi connectivity index (χ4v) is 1.34. The number of nitrogens with one attached hydrogen (secondary N) is 2. The molecule has 2 amide bonds. The van der Waals surface area contributed by atoms with Crippen LogP contribution in [0.1, 0.15) is 6.92 Å². The minimum absolute atomic E-state index is 0.0354. The number of carboxylic acid groups (broad SMARTS) is 1. The van der Waals surface area contributed by atoms with Crippen molar-refractivity contribution < 1.29 is 19.5 Å². The predicted molar refractivity (Wildman–Crippen MR) is 56.6 cm³/mol. The summed E-state index contributed by atoms with van der Waals surface area (Å²) in [6, 6.07) is -0.604. The molecule has 0 aromatic carbocycles. The predicted octanol–water partition coefficient (Wildman–Crippen LogP) is -0.945. The number of carbonyl (C=O) groups is 3. The van der Waals surface area contributed by atoms with Crippen LogP contribution in [-0.4, -0.2) is 47.5 Å². The van der Waals surface area contributed by atoms with Crippen LogP contribution in [0.5, 0.6) is 0 Å². The summed E-state index contributed by atoms with van der Waals surface area (Å²) in [5, 5.41) is 13.1. The molecule has 0 aromatic rings. The minimum atomic E-state index is -0.966. The number of carbonyl (C=O) groups excluding carboxylic acids is 2. The highest BCUT2D eigenvalue weighted by molar-refractivity contribution is 8.00. The Bertz CT molecular complexity index is 257. The van der Waals surface area contributed by atoms with Gasteiger partial charge in [-0.2, -0.15) is 0 Å². The molecule has 0 spiro atoms. The molecule has 0 aliphatic rings. The van der Waals surface area contributed by atoms with Gasteiger partial charge in [-0.15, -0.1) is 11.8 Å². The highest BCUT2D eigenvalue weighted by atomic mass is 32.2. The molecular formula is C8H14N2O4S. The first-order valence-electron chi connectivity index (χ1n) is 4.28. The topological polar surface area (TPSA) is 95.5 Å². The summed E-state index contributed by atoms with van der Waals surface area (Å²) >= 11 is 0.987. The van der Waals surface area contributed by atoms with E-state index in [1.807, 2.05) is 0 Å². The molecule has 86 valence electrons. The Labute approximate surface area is 91.8 Å². The molecule has 0 aromatic heterocycles. The summed E-state index contributed by atoms with van der Waals surface area (Å²) in [4.78, 5) is 32.3. The lowest BCUT2D eigenvalue weighted by atomic mass is 10.3. The maximum absolute atomic E-state index is 11.2. The third-order valence-corrected chi connectivity index (χ3v) is 2.39. The molecule has 0 aliphatic carbocycles. The van der Waals surface area contributed by atoms with Gasteiger partial charge in [-0.05, 0) is 6.92 Å². The van der Waals surface area contributed by atoms with Crippen molar-refractivity contribution in [2.75, 3.05) is 18.6 Å². The van der Waals surface area contributed by atoms with Crippen LogP contribution in [0.4, 0.5) is 0 Å². The first-order chi connectivity index (χ1) is 6.97. The maximum Gasteiger partial charge on any atom is 0.313 e. The number of carboxylic acids is 1. The second-order valence-electron chi connectivity index (χ2n) is 2.79. The van der Waals surface area contributed by atoms with Crippen LogP contribution < -0.4 is 10.6 Å². The Kier molecular flexibility index (Phi) is 6.52. The lowest BCUT2D eigenvalue weighted by Gasteiger charge is -2.11. The molecule has 0 aliphatic heterocycles. The van der Waals surface area contributed by atoms with Gasteiger partial charge in [-0.3, -0.25) is 14.4 Å². The van der Waals surface area contributed by atoms with Crippen LogP contribution in [0.2, 0.25) is 0 Å². The molecule has 0 saturated carbocycles. The summed E-state index contributed by atoms with van der Waals surface area (Å²) < 4.78 is 0. The normalized spacial score (nSPS) is 11.6. The Morgan fingerprint density at radius 1 is 1.33 bits per heavy atom. The lowest BCUT2D eigenvalue weighted by molar-refractivity contribution is -0.133. The first kappa shape index (κ1) is 13.8. The first-order valence-corrected chi connectivity index (χ1v) is 5.43. The number of amides is 2. The van der Waals surface area contributed by atoms with Crippen molar-refractivity contribution >= 4 is 29.5 Å². The molecule has 1 unspecified atom stereocenters. The van der Waals surface area contributed by atoms with Crippen LogP contribution >= 0.6 is 11.8 Å². The number of thioether (sulfide) groups is 1. The summed E-state index contributed by atoms with van der Waals surface area (Å²) in [7, 11) is 1.48. The van der Waals surface area contributed by atoms with E-state index < -0.39 is 12.0 Å². The number of likely N-dealkylation sites (N-methyl/N-ethyl adjacent to an activating group) is 1. The van der Waals surface area contributed by atoms with Gasteiger partial charge in [0, 0.05) is 7.05 Å². The van der Waals surface area contributed by atoms with Gasteiger partial charge in [-0.25, -0.2) is 0 Å². The molecule has 0 saturated heterocycles. The van der Waals surface area contributed by atoms with Gasteiger partial charge in [0.25, 0.3) is 0 Å². The smallest absolute Gasteiger partial charge is 0.313 e. The SMILES string of the molecule is CNC(=O)C(C)NC(=O)CSCC(=O)O. The zero-order valence-corrected chi connectivity index (χ0v) is 9.39. The molecule has 0 rings (SSSR count). The molecule has 0 fully saturated rings. The third kappa shape index (κ3) is 6.78. The molecule has 7 heteroatoms. The molecule has 15 heavy (non-hydrogen) atoms. The third-order valence-electron chi connectivity index (χ3n) is 1.48. The Balaban J connectivity index is 3.74. The van der Waals surface area contributed by atoms with Crippen molar-refractivity contribution in [2.45, 2.75) is 13.0 Å². The van der Waals surface area contributed by atoms with Crippen molar-refractivity contribution in [1.29, 1.82) is 0 Å². The van der Waals surface area contributed by atoms with Gasteiger partial charge in [-0.1, -0.05) is 0 Å². The quantitative estimate of drug-likeness (QED) is 0.551. The van der Waals surface area contributed by atoms with E-state index in [1.165, 1.54) is 7.05 Å². The van der Waals surface area contributed by atoms with Crippen molar-refractivity contribution in [2.24, 2.45) is 0 Å². The maximum atomic E-state index is 11.2. The minimum Gasteiger partial charge on any atom is -0.481 e. The summed E-state index contributed by atoms with van der Waals surface area (Å²) in [5.41, 5.74) is 0. The standard InChI is InChI=1S/C8H14N2O4S/c1-5(8(14)9-2)10-6(11)3-15-4-7(12)13/h5H,3-4H2,1-2H3,(H,9,14)(H,10,11)(H,12,13). The fourth-order valence-electron chi connectivity index (χ4n) is 0.796. The largest absolute Gasteiger partial charge is 0.481 e. The highest BCUT2D eigenvalue weighted by Gasteiger charge is 2.13. The summed E-state index contributed by atoms with van der Waals surface area (Å²) in [5.74, 6) is -1.69. The second kappa shape index (κ2) is 7.10. The molecule has 0 bridgehead atoms. The average molecular weight is 234 g/mol. The molecule has 1 atom stereocenters. The van der Waals surface area contributed by atoms with Crippen LogP contribution in [0.25, 0.3) is 0 Å². The number of rotatable bonds is 6. The van der Waals surface area contributed by atoms with Crippen molar-refractivity contribution in [3.05, 3.63) is 0 Å². The lowest BCUT2D eigenvalue weighted by Crippen LogP contribution is -2.44. The molecule has 6 nitrogen and oxygen atoms in total. The van der Waals surface area contributed by atoms with Crippen LogP contribution in [0, 0.1) is 0 Å². The van der Waals surface area contributed by atoms with Crippen LogP contribution in [-0.2, 0) is 14.4 Å². The van der Waals surface area contributed by atoms with Crippen LogP contribution in [0.15, 0.2) is 0 Å². The van der Waals surface area contributed by atoms with E-state index >= 15 is 0 Å². The zero-order chi connectivity index (χ0) is 11.8. The van der Waals surface area contributed by atoms with Crippen molar-refractivity contribution in [1.82, 2.24) is 10.6 Å². The van der Waals surface area contributed by atoms with Crippen LogP contribution in [0.3, 0.4) is 0 Å². The average Bonchev–Trinajstić information content (AvgIpc) is 2.15. The van der Waals surface area contributed by atoms with E-state index in [2.05, 4.69) is 10.6 Å². The second-order valence-corrected chi connectivity index (χ2v) is 3.78. The van der Waals surface area contributed by atoms with Gasteiger partial charge >= 0.3 is 5.97 Å². The zero-order valence-electron chi connectivity index (χ0n) is 8.57. The number of hydrogen-bond acceptors (Lipinski definition) is 4. The molecule has 3 N–H and O–H groups in total. The molecular weight excluding hydrogens is 220 g/mol. The number of aliphatic carboxylic acids is 1. The molecule has 0 heterocycles. The van der Waals surface area contributed by atoms with E-state index in [-0.39, 0.29) is 23.3 Å². The summed E-state index contributed by atoms with van der Waals surface area (Å²) in [6.45, 7) is 1.55. The Morgan fingerprint density at radius 2 is 1.93 bits per heavy atom. The van der Waals surface area contributed by atoms with Gasteiger partial charge in [0.1, 0.15) is 6.04 Å². The van der Waals surface area contributed by atoms with E-state index in [4.69, 9.17) is 5.11 Å². The monoisotopic (exact) mass is 234 g/mol. The summed E-state index contributed by atoms with van der Waals surface area (Å²) in [6.07, 6.45) is 0.